The van der Waals surface area contributed by atoms with Crippen molar-refractivity contribution in [2.45, 2.75) is 19.3 Å². The lowest BCUT2D eigenvalue weighted by molar-refractivity contribution is -0.127. The van der Waals surface area contributed by atoms with Gasteiger partial charge in [0.05, 0.1) is 10.7 Å². The van der Waals surface area contributed by atoms with Crippen molar-refractivity contribution in [2.75, 3.05) is 32.0 Å². The van der Waals surface area contributed by atoms with E-state index in [0.29, 0.717) is 30.2 Å². The van der Waals surface area contributed by atoms with Crippen molar-refractivity contribution >= 4 is 29.2 Å². The lowest BCUT2D eigenvalue weighted by Crippen LogP contribution is -2.27. The maximum absolute atomic E-state index is 11.6. The number of carbonyl (C=O) groups excluding carboxylic acids is 1. The molecule has 0 aromatic carbocycles. The zero-order valence-corrected chi connectivity index (χ0v) is 14.9. The van der Waals surface area contributed by atoms with Crippen LogP contribution in [0.2, 0.25) is 0 Å². The topological polar surface area (TPSA) is 85.2 Å². The molecular formula is C17H20N6OS. The molecule has 0 unspecified atom stereocenters. The maximum Gasteiger partial charge on any atom is 0.223 e. The first-order valence-electron chi connectivity index (χ1n) is 8.24. The predicted molar refractivity (Wildman–Crippen MR) is 98.0 cm³/mol. The van der Waals surface area contributed by atoms with Crippen LogP contribution in [0.1, 0.15) is 25.0 Å². The fourth-order valence-electron chi connectivity index (χ4n) is 2.78. The van der Waals surface area contributed by atoms with Crippen LogP contribution >= 0.6 is 11.8 Å². The second-order valence-corrected chi connectivity index (χ2v) is 6.73. The lowest BCUT2D eigenvalue weighted by Gasteiger charge is -2.15. The summed E-state index contributed by atoms with van der Waals surface area (Å²) in [7, 11) is 1.91. The van der Waals surface area contributed by atoms with Crippen LogP contribution in [0, 0.1) is 11.3 Å². The average molecular weight is 356 g/mol. The van der Waals surface area contributed by atoms with Gasteiger partial charge in [-0.3, -0.25) is 4.79 Å². The Labute approximate surface area is 151 Å². The quantitative estimate of drug-likeness (QED) is 0.618. The van der Waals surface area contributed by atoms with E-state index in [4.69, 9.17) is 0 Å². The molecule has 8 heteroatoms. The van der Waals surface area contributed by atoms with Gasteiger partial charge >= 0.3 is 0 Å². The Kier molecular flexibility index (Phi) is 5.56. The molecule has 0 aliphatic carbocycles. The Morgan fingerprint density at radius 3 is 3.08 bits per heavy atom. The monoisotopic (exact) mass is 356 g/mol. The number of allylic oxidation sites excluding steroid dienone is 1. The number of anilines is 1. The Bertz CT molecular complexity index is 754. The van der Waals surface area contributed by atoms with Gasteiger partial charge in [0.25, 0.3) is 0 Å². The van der Waals surface area contributed by atoms with E-state index >= 15 is 0 Å². The van der Waals surface area contributed by atoms with Gasteiger partial charge in [-0.1, -0.05) is 11.8 Å². The summed E-state index contributed by atoms with van der Waals surface area (Å²) in [5.74, 6) is 0.743. The zero-order chi connectivity index (χ0) is 17.6. The van der Waals surface area contributed by atoms with Gasteiger partial charge < -0.3 is 15.1 Å². The molecule has 1 aromatic heterocycles. The largest absolute Gasteiger partial charge is 0.354 e. The van der Waals surface area contributed by atoms with E-state index in [1.807, 2.05) is 28.5 Å². The van der Waals surface area contributed by atoms with Crippen molar-refractivity contribution in [1.82, 2.24) is 19.8 Å². The number of hydrogen-bond donors (Lipinski definition) is 1. The second-order valence-electron chi connectivity index (χ2n) is 5.84. The number of hydrogen-bond acceptors (Lipinski definition) is 7. The highest BCUT2D eigenvalue weighted by Crippen LogP contribution is 2.33. The van der Waals surface area contributed by atoms with Gasteiger partial charge in [0, 0.05) is 45.5 Å². The summed E-state index contributed by atoms with van der Waals surface area (Å²) in [6.07, 6.45) is 6.04. The van der Waals surface area contributed by atoms with Crippen molar-refractivity contribution in [3.05, 3.63) is 34.6 Å². The van der Waals surface area contributed by atoms with E-state index in [1.54, 1.807) is 12.3 Å². The van der Waals surface area contributed by atoms with Gasteiger partial charge in [-0.05, 0) is 24.3 Å². The molecule has 130 valence electrons. The summed E-state index contributed by atoms with van der Waals surface area (Å²) < 4.78 is 0. The normalized spacial score (nSPS) is 18.6. The Morgan fingerprint density at radius 2 is 2.40 bits per heavy atom. The number of likely N-dealkylation sites (tertiary alicyclic amines) is 1. The predicted octanol–water partition coefficient (Wildman–Crippen LogP) is 2.24. The number of nitriles is 1. The summed E-state index contributed by atoms with van der Waals surface area (Å²) in [5, 5.41) is 15.5. The average Bonchev–Trinajstić information content (AvgIpc) is 3.22. The van der Waals surface area contributed by atoms with Gasteiger partial charge in [-0.2, -0.15) is 5.26 Å². The first-order chi connectivity index (χ1) is 12.2. The minimum absolute atomic E-state index is 0.246. The van der Waals surface area contributed by atoms with Gasteiger partial charge in [-0.15, -0.1) is 0 Å². The molecule has 0 bridgehead atoms. The molecule has 0 saturated carbocycles. The van der Waals surface area contributed by atoms with Crippen LogP contribution in [0.5, 0.6) is 0 Å². The van der Waals surface area contributed by atoms with E-state index in [-0.39, 0.29) is 5.91 Å². The summed E-state index contributed by atoms with van der Waals surface area (Å²) in [4.78, 5) is 24.1. The Balaban J connectivity index is 1.60. The Hall–Kier alpha value is -2.53. The van der Waals surface area contributed by atoms with E-state index < -0.39 is 0 Å². The highest BCUT2D eigenvalue weighted by Gasteiger charge is 2.19. The third-order valence-electron chi connectivity index (χ3n) is 4.08. The molecule has 1 aromatic rings. The number of rotatable bonds is 6. The molecule has 1 amide bonds. The molecule has 7 nitrogen and oxygen atoms in total. The fraction of sp³-hybridized carbons (Fsp3) is 0.412. The number of nitrogens with one attached hydrogen (secondary N) is 1. The van der Waals surface area contributed by atoms with Gasteiger partial charge in [0.15, 0.2) is 0 Å². The van der Waals surface area contributed by atoms with E-state index in [1.165, 1.54) is 11.8 Å². The first-order valence-corrected chi connectivity index (χ1v) is 9.12. The molecule has 2 aliphatic heterocycles. The van der Waals surface area contributed by atoms with E-state index in [9.17, 15) is 10.1 Å². The molecule has 3 rings (SSSR count). The molecular weight excluding hydrogens is 336 g/mol. The summed E-state index contributed by atoms with van der Waals surface area (Å²) >= 11 is 1.50. The van der Waals surface area contributed by atoms with Crippen molar-refractivity contribution in [3.8, 4) is 6.07 Å². The SMILES string of the molecule is CN1C=CSC1=C(C#N)c1ccnc(NCCCN2CCCC2=O)n1. The van der Waals surface area contributed by atoms with Crippen LogP contribution in [0.3, 0.4) is 0 Å². The minimum Gasteiger partial charge on any atom is -0.354 e. The molecule has 1 N–H and O–H groups in total. The van der Waals surface area contributed by atoms with Crippen molar-refractivity contribution < 1.29 is 4.79 Å². The van der Waals surface area contributed by atoms with Crippen molar-refractivity contribution in [3.63, 3.8) is 0 Å². The number of aromatic nitrogens is 2. The van der Waals surface area contributed by atoms with E-state index in [2.05, 4.69) is 21.4 Å². The van der Waals surface area contributed by atoms with Gasteiger partial charge in [0.1, 0.15) is 11.6 Å². The Morgan fingerprint density at radius 1 is 1.52 bits per heavy atom. The van der Waals surface area contributed by atoms with Crippen LogP contribution in [-0.2, 0) is 4.79 Å². The molecule has 0 atom stereocenters. The minimum atomic E-state index is 0.246. The number of nitrogens with zero attached hydrogens (tertiary/aromatic N) is 5. The van der Waals surface area contributed by atoms with Crippen LogP contribution < -0.4 is 5.32 Å². The fourth-order valence-corrected chi connectivity index (χ4v) is 3.65. The molecule has 0 radical (unpaired) electrons. The number of amides is 1. The molecule has 1 saturated heterocycles. The summed E-state index contributed by atoms with van der Waals surface area (Å²) in [5.41, 5.74) is 1.14. The first kappa shape index (κ1) is 17.3. The van der Waals surface area contributed by atoms with E-state index in [0.717, 1.165) is 31.0 Å². The van der Waals surface area contributed by atoms with Crippen LogP contribution in [0.15, 0.2) is 28.9 Å². The molecule has 1 fully saturated rings. The van der Waals surface area contributed by atoms with Crippen molar-refractivity contribution in [1.29, 1.82) is 5.26 Å². The van der Waals surface area contributed by atoms with Gasteiger partial charge in [0.2, 0.25) is 11.9 Å². The second kappa shape index (κ2) is 8.03. The van der Waals surface area contributed by atoms with Crippen LogP contribution in [-0.4, -0.2) is 52.4 Å². The number of thioether (sulfide) groups is 1. The maximum atomic E-state index is 11.6. The van der Waals surface area contributed by atoms with Crippen molar-refractivity contribution in [2.24, 2.45) is 0 Å². The lowest BCUT2D eigenvalue weighted by atomic mass is 10.2. The highest BCUT2D eigenvalue weighted by molar-refractivity contribution is 8.06. The number of carbonyl (C=O) groups is 1. The highest BCUT2D eigenvalue weighted by atomic mass is 32.2. The van der Waals surface area contributed by atoms with Crippen LogP contribution in [0.25, 0.3) is 5.57 Å². The summed E-state index contributed by atoms with van der Waals surface area (Å²) in [6, 6.07) is 3.98. The third-order valence-corrected chi connectivity index (χ3v) is 5.05. The molecule has 3 heterocycles. The zero-order valence-electron chi connectivity index (χ0n) is 14.1. The molecule has 25 heavy (non-hydrogen) atoms. The third kappa shape index (κ3) is 4.12. The molecule has 2 aliphatic rings. The van der Waals surface area contributed by atoms with Gasteiger partial charge in [-0.25, -0.2) is 9.97 Å². The smallest absolute Gasteiger partial charge is 0.223 e. The molecule has 0 spiro atoms. The standard InChI is InChI=1S/C17H20N6OS/c1-22-10-11-25-16(22)13(12-18)14-5-7-20-17(21-14)19-6-3-9-23-8-2-4-15(23)24/h5,7,10-11H,2-4,6,8-9H2,1H3,(H,19,20,21). The summed E-state index contributed by atoms with van der Waals surface area (Å²) in [6.45, 7) is 2.30. The van der Waals surface area contributed by atoms with Crippen LogP contribution in [0.4, 0.5) is 5.95 Å².